The van der Waals surface area contributed by atoms with Gasteiger partial charge in [0.2, 0.25) is 0 Å². The lowest BCUT2D eigenvalue weighted by Crippen LogP contribution is -2.28. The highest BCUT2D eigenvalue weighted by Crippen LogP contribution is 2.28. The Bertz CT molecular complexity index is 427. The Morgan fingerprint density at radius 2 is 2.00 bits per heavy atom. The molecule has 0 heterocycles. The van der Waals surface area contributed by atoms with Crippen LogP contribution in [-0.4, -0.2) is 13.7 Å². The molecule has 0 aliphatic heterocycles. The van der Waals surface area contributed by atoms with Gasteiger partial charge in [-0.25, -0.2) is 4.39 Å². The van der Waals surface area contributed by atoms with Gasteiger partial charge in [-0.15, -0.1) is 0 Å². The SMILES string of the molecule is COc1ccc(C(C)NCC2CCC(C)CC2)cc1F. The second-order valence-electron chi connectivity index (χ2n) is 6.15. The van der Waals surface area contributed by atoms with E-state index in [2.05, 4.69) is 19.2 Å². The van der Waals surface area contributed by atoms with Crippen molar-refractivity contribution in [3.05, 3.63) is 29.6 Å². The molecule has 1 atom stereocenters. The Balaban J connectivity index is 1.85. The highest BCUT2D eigenvalue weighted by molar-refractivity contribution is 5.30. The Hall–Kier alpha value is -1.09. The van der Waals surface area contributed by atoms with Crippen molar-refractivity contribution in [3.8, 4) is 5.75 Å². The highest BCUT2D eigenvalue weighted by Gasteiger charge is 2.19. The van der Waals surface area contributed by atoms with Gasteiger partial charge in [-0.1, -0.05) is 25.8 Å². The standard InChI is InChI=1S/C17H26FNO/c1-12-4-6-14(7-5-12)11-19-13(2)15-8-9-17(20-3)16(18)10-15/h8-10,12-14,19H,4-7,11H2,1-3H3. The fraction of sp³-hybridized carbons (Fsp3) is 0.647. The predicted octanol–water partition coefficient (Wildman–Crippen LogP) is 4.31. The molecule has 0 saturated heterocycles. The van der Waals surface area contributed by atoms with E-state index in [9.17, 15) is 4.39 Å². The first kappa shape index (κ1) is 15.3. The number of methoxy groups -OCH3 is 1. The molecule has 0 bridgehead atoms. The van der Waals surface area contributed by atoms with E-state index in [1.54, 1.807) is 12.1 Å². The lowest BCUT2D eigenvalue weighted by Gasteiger charge is -2.27. The van der Waals surface area contributed by atoms with E-state index in [1.807, 2.05) is 6.07 Å². The third-order valence-corrected chi connectivity index (χ3v) is 4.52. The summed E-state index contributed by atoms with van der Waals surface area (Å²) in [4.78, 5) is 0. The minimum Gasteiger partial charge on any atom is -0.494 e. The van der Waals surface area contributed by atoms with Crippen LogP contribution in [0.1, 0.15) is 51.1 Å². The van der Waals surface area contributed by atoms with E-state index in [4.69, 9.17) is 4.74 Å². The molecule has 2 rings (SSSR count). The van der Waals surface area contributed by atoms with Crippen LogP contribution in [0, 0.1) is 17.7 Å². The summed E-state index contributed by atoms with van der Waals surface area (Å²) >= 11 is 0. The molecule has 2 nitrogen and oxygen atoms in total. The van der Waals surface area contributed by atoms with Crippen molar-refractivity contribution in [1.82, 2.24) is 5.32 Å². The maximum atomic E-state index is 13.7. The zero-order chi connectivity index (χ0) is 14.5. The first-order chi connectivity index (χ1) is 9.60. The minimum atomic E-state index is -0.287. The van der Waals surface area contributed by atoms with E-state index in [0.717, 1.165) is 23.9 Å². The van der Waals surface area contributed by atoms with E-state index in [0.29, 0.717) is 5.75 Å². The molecular weight excluding hydrogens is 253 g/mol. The molecule has 1 aliphatic rings. The van der Waals surface area contributed by atoms with E-state index >= 15 is 0 Å². The molecule has 0 aromatic heterocycles. The van der Waals surface area contributed by atoms with Crippen LogP contribution in [-0.2, 0) is 0 Å². The number of nitrogens with one attached hydrogen (secondary N) is 1. The molecule has 0 amide bonds. The monoisotopic (exact) mass is 279 g/mol. The molecule has 1 aliphatic carbocycles. The molecule has 1 aromatic rings. The highest BCUT2D eigenvalue weighted by atomic mass is 19.1. The number of hydrogen-bond acceptors (Lipinski definition) is 2. The number of hydrogen-bond donors (Lipinski definition) is 1. The number of halogens is 1. The summed E-state index contributed by atoms with van der Waals surface area (Å²) in [7, 11) is 1.49. The summed E-state index contributed by atoms with van der Waals surface area (Å²) in [6.45, 7) is 5.46. The molecule has 1 saturated carbocycles. The fourth-order valence-corrected chi connectivity index (χ4v) is 2.95. The Morgan fingerprint density at radius 1 is 1.30 bits per heavy atom. The van der Waals surface area contributed by atoms with Crippen molar-refractivity contribution < 1.29 is 9.13 Å². The first-order valence-electron chi connectivity index (χ1n) is 7.67. The lowest BCUT2D eigenvalue weighted by molar-refractivity contribution is 0.276. The maximum Gasteiger partial charge on any atom is 0.165 e. The van der Waals surface area contributed by atoms with Crippen molar-refractivity contribution in [2.75, 3.05) is 13.7 Å². The molecule has 1 unspecified atom stereocenters. The minimum absolute atomic E-state index is 0.176. The van der Waals surface area contributed by atoms with Crippen LogP contribution >= 0.6 is 0 Å². The first-order valence-corrected chi connectivity index (χ1v) is 7.67. The summed E-state index contributed by atoms with van der Waals surface area (Å²) in [6, 6.07) is 5.38. The van der Waals surface area contributed by atoms with Gasteiger partial charge in [0.15, 0.2) is 11.6 Å². The predicted molar refractivity (Wildman–Crippen MR) is 80.5 cm³/mol. The summed E-state index contributed by atoms with van der Waals surface area (Å²) in [5, 5.41) is 3.54. The molecule has 1 N–H and O–H groups in total. The number of ether oxygens (including phenoxy) is 1. The summed E-state index contributed by atoms with van der Waals surface area (Å²) in [5.74, 6) is 1.68. The average molecular weight is 279 g/mol. The zero-order valence-electron chi connectivity index (χ0n) is 12.8. The van der Waals surface area contributed by atoms with Gasteiger partial charge in [0.05, 0.1) is 7.11 Å². The van der Waals surface area contributed by atoms with Crippen LogP contribution in [0.15, 0.2) is 18.2 Å². The average Bonchev–Trinajstić information content (AvgIpc) is 2.46. The number of benzene rings is 1. The number of rotatable bonds is 5. The van der Waals surface area contributed by atoms with E-state index in [-0.39, 0.29) is 11.9 Å². The molecule has 1 fully saturated rings. The summed E-state index contributed by atoms with van der Waals surface area (Å²) < 4.78 is 18.6. The van der Waals surface area contributed by atoms with Crippen LogP contribution < -0.4 is 10.1 Å². The van der Waals surface area contributed by atoms with Crippen molar-refractivity contribution in [3.63, 3.8) is 0 Å². The van der Waals surface area contributed by atoms with Gasteiger partial charge in [-0.05, 0) is 55.8 Å². The van der Waals surface area contributed by atoms with Gasteiger partial charge in [0.25, 0.3) is 0 Å². The maximum absolute atomic E-state index is 13.7. The van der Waals surface area contributed by atoms with Gasteiger partial charge < -0.3 is 10.1 Å². The Labute approximate surface area is 121 Å². The molecule has 0 radical (unpaired) electrons. The van der Waals surface area contributed by atoms with Crippen molar-refractivity contribution in [2.45, 2.75) is 45.6 Å². The van der Waals surface area contributed by atoms with Gasteiger partial charge in [-0.2, -0.15) is 0 Å². The molecule has 20 heavy (non-hydrogen) atoms. The van der Waals surface area contributed by atoms with Gasteiger partial charge in [0, 0.05) is 6.04 Å². The Morgan fingerprint density at radius 3 is 2.60 bits per heavy atom. The Kier molecular flexibility index (Phi) is 5.41. The largest absolute Gasteiger partial charge is 0.494 e. The molecule has 3 heteroatoms. The summed E-state index contributed by atoms with van der Waals surface area (Å²) in [5.41, 5.74) is 0.979. The molecular formula is C17H26FNO. The zero-order valence-corrected chi connectivity index (χ0v) is 12.8. The van der Waals surface area contributed by atoms with Crippen molar-refractivity contribution in [2.24, 2.45) is 11.8 Å². The fourth-order valence-electron chi connectivity index (χ4n) is 2.95. The van der Waals surface area contributed by atoms with Gasteiger partial charge in [-0.3, -0.25) is 0 Å². The van der Waals surface area contributed by atoms with E-state index < -0.39 is 0 Å². The topological polar surface area (TPSA) is 21.3 Å². The van der Waals surface area contributed by atoms with Gasteiger partial charge in [0.1, 0.15) is 0 Å². The lowest BCUT2D eigenvalue weighted by atomic mass is 9.83. The molecule has 112 valence electrons. The summed E-state index contributed by atoms with van der Waals surface area (Å²) in [6.07, 6.45) is 5.32. The van der Waals surface area contributed by atoms with Crippen LogP contribution in [0.5, 0.6) is 5.75 Å². The van der Waals surface area contributed by atoms with Crippen molar-refractivity contribution in [1.29, 1.82) is 0 Å². The molecule has 0 spiro atoms. The van der Waals surface area contributed by atoms with Crippen LogP contribution in [0.3, 0.4) is 0 Å². The smallest absolute Gasteiger partial charge is 0.165 e. The van der Waals surface area contributed by atoms with Crippen LogP contribution in [0.4, 0.5) is 4.39 Å². The second kappa shape index (κ2) is 7.07. The van der Waals surface area contributed by atoms with Crippen molar-refractivity contribution >= 4 is 0 Å². The second-order valence-corrected chi connectivity index (χ2v) is 6.15. The van der Waals surface area contributed by atoms with E-state index in [1.165, 1.54) is 32.8 Å². The normalized spacial score (nSPS) is 24.4. The third kappa shape index (κ3) is 3.95. The molecule has 1 aromatic carbocycles. The van der Waals surface area contributed by atoms with Gasteiger partial charge >= 0.3 is 0 Å². The van der Waals surface area contributed by atoms with Crippen LogP contribution in [0.25, 0.3) is 0 Å². The quantitative estimate of drug-likeness (QED) is 0.867. The third-order valence-electron chi connectivity index (χ3n) is 4.52. The van der Waals surface area contributed by atoms with Crippen LogP contribution in [0.2, 0.25) is 0 Å².